The molecule has 1 heterocycles. The van der Waals surface area contributed by atoms with Crippen molar-refractivity contribution in [3.05, 3.63) is 84.1 Å². The molecule has 0 fully saturated rings. The van der Waals surface area contributed by atoms with E-state index < -0.39 is 0 Å². The molecule has 1 N–H and O–H groups in total. The third-order valence-corrected chi connectivity index (χ3v) is 4.28. The molecule has 3 aromatic rings. The van der Waals surface area contributed by atoms with Crippen molar-refractivity contribution in [2.75, 3.05) is 5.32 Å². The molecule has 0 unspecified atom stereocenters. The van der Waals surface area contributed by atoms with Gasteiger partial charge in [-0.1, -0.05) is 42.1 Å². The number of amides is 1. The Morgan fingerprint density at radius 2 is 1.83 bits per heavy atom. The van der Waals surface area contributed by atoms with E-state index in [2.05, 4.69) is 10.3 Å². The first-order valence-corrected chi connectivity index (χ1v) is 8.10. The number of nitrogens with one attached hydrogen (secondary N) is 1. The molecule has 0 spiro atoms. The zero-order valence-electron chi connectivity index (χ0n) is 12.7. The van der Waals surface area contributed by atoms with Gasteiger partial charge in [0.1, 0.15) is 5.03 Å². The molecule has 0 bridgehead atoms. The number of carbonyl (C=O) groups is 1. The Morgan fingerprint density at radius 1 is 1.00 bits per heavy atom. The predicted octanol–water partition coefficient (Wildman–Crippen LogP) is 4.79. The topological polar surface area (TPSA) is 42.0 Å². The smallest absolute Gasteiger partial charge is 0.258 e. The van der Waals surface area contributed by atoms with E-state index in [-0.39, 0.29) is 5.91 Å². The molecular formula is C19H16N2OS. The highest BCUT2D eigenvalue weighted by Crippen LogP contribution is 2.28. The maximum absolute atomic E-state index is 12.6. The van der Waals surface area contributed by atoms with Crippen LogP contribution in [-0.2, 0) is 0 Å². The van der Waals surface area contributed by atoms with Gasteiger partial charge in [-0.05, 0) is 48.9 Å². The van der Waals surface area contributed by atoms with Gasteiger partial charge in [0.25, 0.3) is 5.91 Å². The molecule has 3 rings (SSSR count). The molecule has 0 atom stereocenters. The zero-order chi connectivity index (χ0) is 16.1. The average Bonchev–Trinajstić information content (AvgIpc) is 2.56. The highest BCUT2D eigenvalue weighted by molar-refractivity contribution is 7.99. The Bertz CT molecular complexity index is 818. The molecule has 3 nitrogen and oxygen atoms in total. The number of anilines is 1. The van der Waals surface area contributed by atoms with Gasteiger partial charge >= 0.3 is 0 Å². The monoisotopic (exact) mass is 320 g/mol. The summed E-state index contributed by atoms with van der Waals surface area (Å²) in [5.41, 5.74) is 2.46. The van der Waals surface area contributed by atoms with E-state index in [1.807, 2.05) is 61.5 Å². The third kappa shape index (κ3) is 3.99. The summed E-state index contributed by atoms with van der Waals surface area (Å²) in [6.45, 7) is 2.00. The Morgan fingerprint density at radius 3 is 2.61 bits per heavy atom. The van der Waals surface area contributed by atoms with Crippen molar-refractivity contribution in [2.45, 2.75) is 16.8 Å². The number of pyridine rings is 1. The molecule has 0 saturated heterocycles. The Kier molecular flexibility index (Phi) is 4.74. The van der Waals surface area contributed by atoms with E-state index in [1.165, 1.54) is 11.8 Å². The quantitative estimate of drug-likeness (QED) is 0.751. The van der Waals surface area contributed by atoms with Crippen LogP contribution >= 0.6 is 11.8 Å². The molecule has 0 aliphatic rings. The summed E-state index contributed by atoms with van der Waals surface area (Å²) < 4.78 is 0. The van der Waals surface area contributed by atoms with Crippen molar-refractivity contribution >= 4 is 23.4 Å². The van der Waals surface area contributed by atoms with Gasteiger partial charge in [0.15, 0.2) is 0 Å². The summed E-state index contributed by atoms with van der Waals surface area (Å²) in [7, 11) is 0. The van der Waals surface area contributed by atoms with Gasteiger partial charge in [0.05, 0.1) is 5.56 Å². The lowest BCUT2D eigenvalue weighted by atomic mass is 10.2. The fraction of sp³-hybridized carbons (Fsp3) is 0.0526. The number of hydrogen-bond donors (Lipinski definition) is 1. The van der Waals surface area contributed by atoms with E-state index in [4.69, 9.17) is 0 Å². The van der Waals surface area contributed by atoms with Gasteiger partial charge in [-0.2, -0.15) is 0 Å². The van der Waals surface area contributed by atoms with Crippen LogP contribution in [0.25, 0.3) is 0 Å². The maximum Gasteiger partial charge on any atom is 0.258 e. The number of carbonyl (C=O) groups excluding carboxylic acids is 1. The first-order chi connectivity index (χ1) is 11.2. The molecule has 2 aromatic carbocycles. The number of aryl methyl sites for hydroxylation is 1. The lowest BCUT2D eigenvalue weighted by molar-refractivity contribution is 0.102. The summed E-state index contributed by atoms with van der Waals surface area (Å²) in [4.78, 5) is 18.0. The summed E-state index contributed by atoms with van der Waals surface area (Å²) in [6, 6.07) is 21.2. The largest absolute Gasteiger partial charge is 0.322 e. The number of rotatable bonds is 4. The van der Waals surface area contributed by atoms with Crippen molar-refractivity contribution in [3.8, 4) is 0 Å². The number of benzene rings is 2. The minimum atomic E-state index is -0.151. The van der Waals surface area contributed by atoms with Crippen molar-refractivity contribution in [2.24, 2.45) is 0 Å². The first-order valence-electron chi connectivity index (χ1n) is 7.28. The third-order valence-electron chi connectivity index (χ3n) is 3.25. The van der Waals surface area contributed by atoms with Gasteiger partial charge in [0, 0.05) is 16.8 Å². The number of hydrogen-bond acceptors (Lipinski definition) is 3. The van der Waals surface area contributed by atoms with Crippen molar-refractivity contribution in [1.29, 1.82) is 0 Å². The lowest BCUT2D eigenvalue weighted by Gasteiger charge is -2.09. The normalized spacial score (nSPS) is 10.3. The molecule has 0 aliphatic heterocycles. The molecule has 4 heteroatoms. The Labute approximate surface area is 139 Å². The predicted molar refractivity (Wildman–Crippen MR) is 93.9 cm³/mol. The zero-order valence-corrected chi connectivity index (χ0v) is 13.5. The van der Waals surface area contributed by atoms with Crippen LogP contribution in [0.5, 0.6) is 0 Å². The van der Waals surface area contributed by atoms with E-state index in [0.29, 0.717) is 10.6 Å². The van der Waals surface area contributed by atoms with Crippen molar-refractivity contribution < 1.29 is 4.79 Å². The van der Waals surface area contributed by atoms with E-state index >= 15 is 0 Å². The van der Waals surface area contributed by atoms with E-state index in [1.54, 1.807) is 18.3 Å². The number of nitrogens with zero attached hydrogens (tertiary/aromatic N) is 1. The van der Waals surface area contributed by atoms with Crippen LogP contribution in [0.1, 0.15) is 15.9 Å². The Hall–Kier alpha value is -2.59. The first kappa shape index (κ1) is 15.3. The highest BCUT2D eigenvalue weighted by atomic mass is 32.2. The van der Waals surface area contributed by atoms with Gasteiger partial charge < -0.3 is 5.32 Å². The van der Waals surface area contributed by atoms with Gasteiger partial charge in [0.2, 0.25) is 0 Å². The summed E-state index contributed by atoms with van der Waals surface area (Å²) in [5.74, 6) is -0.151. The van der Waals surface area contributed by atoms with Crippen LogP contribution in [0.15, 0.2) is 82.8 Å². The van der Waals surface area contributed by atoms with Gasteiger partial charge in [-0.25, -0.2) is 4.98 Å². The fourth-order valence-corrected chi connectivity index (χ4v) is 3.07. The molecule has 114 valence electrons. The summed E-state index contributed by atoms with van der Waals surface area (Å²) >= 11 is 1.48. The van der Waals surface area contributed by atoms with Crippen LogP contribution < -0.4 is 5.32 Å². The molecule has 0 saturated carbocycles. The molecule has 1 amide bonds. The van der Waals surface area contributed by atoms with Gasteiger partial charge in [-0.15, -0.1) is 0 Å². The second-order valence-electron chi connectivity index (χ2n) is 5.09. The maximum atomic E-state index is 12.6. The fourth-order valence-electron chi connectivity index (χ4n) is 2.17. The van der Waals surface area contributed by atoms with Crippen LogP contribution in [0.3, 0.4) is 0 Å². The average molecular weight is 320 g/mol. The Balaban J connectivity index is 1.83. The van der Waals surface area contributed by atoms with E-state index in [9.17, 15) is 4.79 Å². The lowest BCUT2D eigenvalue weighted by Crippen LogP contribution is -2.13. The molecule has 0 aliphatic carbocycles. The molecule has 23 heavy (non-hydrogen) atoms. The summed E-state index contributed by atoms with van der Waals surface area (Å²) in [6.07, 6.45) is 1.70. The van der Waals surface area contributed by atoms with Crippen LogP contribution in [0, 0.1) is 6.92 Å². The minimum absolute atomic E-state index is 0.151. The standard InChI is InChI=1S/C19H16N2OS/c1-14-7-5-8-15(13-14)21-18(22)17-11-6-12-20-19(17)23-16-9-3-2-4-10-16/h2-13H,1H3,(H,21,22). The van der Waals surface area contributed by atoms with E-state index in [0.717, 1.165) is 16.1 Å². The molecule has 1 aromatic heterocycles. The minimum Gasteiger partial charge on any atom is -0.322 e. The molecular weight excluding hydrogens is 304 g/mol. The van der Waals surface area contributed by atoms with Gasteiger partial charge in [-0.3, -0.25) is 4.79 Å². The van der Waals surface area contributed by atoms with Crippen molar-refractivity contribution in [3.63, 3.8) is 0 Å². The van der Waals surface area contributed by atoms with Crippen LogP contribution in [0.2, 0.25) is 0 Å². The number of aromatic nitrogens is 1. The van der Waals surface area contributed by atoms with Crippen LogP contribution in [-0.4, -0.2) is 10.9 Å². The van der Waals surface area contributed by atoms with Crippen LogP contribution in [0.4, 0.5) is 5.69 Å². The molecule has 0 radical (unpaired) electrons. The SMILES string of the molecule is Cc1cccc(NC(=O)c2cccnc2Sc2ccccc2)c1. The van der Waals surface area contributed by atoms with Crippen molar-refractivity contribution in [1.82, 2.24) is 4.98 Å². The second-order valence-corrected chi connectivity index (χ2v) is 6.16. The summed E-state index contributed by atoms with van der Waals surface area (Å²) in [5, 5.41) is 3.63. The highest BCUT2D eigenvalue weighted by Gasteiger charge is 2.13. The second kappa shape index (κ2) is 7.11.